The molecule has 6 nitrogen and oxygen atoms in total. The summed E-state index contributed by atoms with van der Waals surface area (Å²) in [6.07, 6.45) is 0. The molecule has 7 heavy (non-hydrogen) atoms. The zero-order valence-corrected chi connectivity index (χ0v) is 4.91. The molecule has 0 saturated heterocycles. The van der Waals surface area contributed by atoms with Gasteiger partial charge in [0, 0.05) is 0 Å². The lowest BCUT2D eigenvalue weighted by Crippen LogP contribution is -0.482. The second kappa shape index (κ2) is 13200. The van der Waals surface area contributed by atoms with Crippen molar-refractivity contribution < 1.29 is 21.9 Å². The Labute approximate surface area is 48.8 Å². The first-order valence-corrected chi connectivity index (χ1v) is 0. The molecule has 0 aromatic heterocycles. The van der Waals surface area contributed by atoms with Crippen LogP contribution < -0.4 is 12.3 Å². The molecule has 0 aromatic rings. The minimum Gasteiger partial charge on any atom is -0.412 e. The van der Waals surface area contributed by atoms with E-state index < -0.39 is 0 Å². The lowest BCUT2D eigenvalue weighted by atomic mass is 14.0. The van der Waals surface area contributed by atoms with Crippen molar-refractivity contribution in [2.75, 3.05) is 0 Å². The maximum absolute atomic E-state index is 0. The molecular weight excluding hydrogens is 124 g/mol. The fraction of sp³-hybridized carbons (Fsp3) is 0. The molecule has 0 aliphatic heterocycles. The molecular formula is H16N2O4S. The second-order valence-electron chi connectivity index (χ2n) is 0. The van der Waals surface area contributed by atoms with Crippen molar-refractivity contribution in [3.8, 4) is 0 Å². The van der Waals surface area contributed by atoms with Gasteiger partial charge in [-0.3, -0.25) is 0 Å². The standard InChI is InChI=1S/2H3N.4H2O.H2S/h2*1H3;5*1H2. The average Bonchev–Trinajstić information content (AvgIpc) is 0. The van der Waals surface area contributed by atoms with E-state index in [1.165, 1.54) is 0 Å². The molecule has 14 N–H and O–H groups in total. The van der Waals surface area contributed by atoms with E-state index in [1.54, 1.807) is 0 Å². The topological polar surface area (TPSA) is 196 Å². The molecule has 0 unspecified atom stereocenters. The molecule has 0 bridgehead atoms. The van der Waals surface area contributed by atoms with Gasteiger partial charge in [-0.2, -0.15) is 13.5 Å². The molecule has 0 radical (unpaired) electrons. The van der Waals surface area contributed by atoms with Gasteiger partial charge < -0.3 is 34.2 Å². The normalized spacial score (nSPS) is 0. The van der Waals surface area contributed by atoms with Crippen LogP contribution in [-0.2, 0) is 0 Å². The van der Waals surface area contributed by atoms with Gasteiger partial charge >= 0.3 is 0 Å². The molecule has 0 rings (SSSR count). The minimum absolute atomic E-state index is 0. The molecule has 0 spiro atoms. The fourth-order valence-electron chi connectivity index (χ4n) is 0. The van der Waals surface area contributed by atoms with Crippen LogP contribution in [0, 0.1) is 0 Å². The predicted octanol–water partition coefficient (Wildman–Crippen LogP) is -2.86. The van der Waals surface area contributed by atoms with Crippen LogP contribution >= 0.6 is 13.5 Å². The zero-order valence-electron chi connectivity index (χ0n) is 3.91. The summed E-state index contributed by atoms with van der Waals surface area (Å²) in [5, 5.41) is 0. The van der Waals surface area contributed by atoms with Gasteiger partial charge in [0.1, 0.15) is 0 Å². The molecule has 7 heteroatoms. The molecule has 0 aromatic carbocycles. The van der Waals surface area contributed by atoms with Crippen LogP contribution in [0.1, 0.15) is 0 Å². The van der Waals surface area contributed by atoms with E-state index in [4.69, 9.17) is 0 Å². The number of hydrogen-bond donors (Lipinski definition) is 2. The first-order valence-electron chi connectivity index (χ1n) is 0. The summed E-state index contributed by atoms with van der Waals surface area (Å²) < 4.78 is 0. The van der Waals surface area contributed by atoms with E-state index in [2.05, 4.69) is 0 Å². The van der Waals surface area contributed by atoms with E-state index in [9.17, 15) is 0 Å². The maximum atomic E-state index is 0. The van der Waals surface area contributed by atoms with Crippen molar-refractivity contribution in [1.82, 2.24) is 12.3 Å². The van der Waals surface area contributed by atoms with Crippen LogP contribution in [0.25, 0.3) is 0 Å². The summed E-state index contributed by atoms with van der Waals surface area (Å²) in [7, 11) is 0. The van der Waals surface area contributed by atoms with Crippen LogP contribution in [0.5, 0.6) is 0 Å². The number of rotatable bonds is 0. The summed E-state index contributed by atoms with van der Waals surface area (Å²) in [5.74, 6) is 0. The van der Waals surface area contributed by atoms with E-state index in [0.717, 1.165) is 0 Å². The Morgan fingerprint density at radius 2 is 0.429 bits per heavy atom. The molecule has 0 atom stereocenters. The van der Waals surface area contributed by atoms with Crippen LogP contribution in [0.4, 0.5) is 0 Å². The molecule has 0 aliphatic carbocycles. The smallest absolute Gasteiger partial charge is 0.197 e. The van der Waals surface area contributed by atoms with E-state index in [-0.39, 0.29) is 47.7 Å². The monoisotopic (exact) mass is 140 g/mol. The van der Waals surface area contributed by atoms with Crippen LogP contribution in [0.3, 0.4) is 0 Å². The molecule has 0 saturated carbocycles. The van der Waals surface area contributed by atoms with Crippen molar-refractivity contribution in [3.05, 3.63) is 0 Å². The quantitative estimate of drug-likeness (QED) is 0.365. The third-order valence-electron chi connectivity index (χ3n) is 0. The Balaban J connectivity index is 0. The van der Waals surface area contributed by atoms with Gasteiger partial charge in [-0.15, -0.1) is 0 Å². The summed E-state index contributed by atoms with van der Waals surface area (Å²) in [4.78, 5) is 0. The maximum Gasteiger partial charge on any atom is -0.197 e. The van der Waals surface area contributed by atoms with Crippen LogP contribution in [0.2, 0.25) is 0 Å². The Morgan fingerprint density at radius 3 is 0.429 bits per heavy atom. The van der Waals surface area contributed by atoms with Crippen molar-refractivity contribution in [3.63, 3.8) is 0 Å². The fourth-order valence-corrected chi connectivity index (χ4v) is 0. The van der Waals surface area contributed by atoms with Gasteiger partial charge in [0.2, 0.25) is 0 Å². The van der Waals surface area contributed by atoms with Crippen LogP contribution in [0.15, 0.2) is 0 Å². The first kappa shape index (κ1) is 21900. The lowest BCUT2D eigenvalue weighted by Gasteiger charge is -0.413. The highest BCUT2D eigenvalue weighted by Crippen LogP contribution is 0.648. The molecule has 0 aliphatic rings. The predicted molar refractivity (Wildman–Crippen MR) is 34.9 cm³/mol. The van der Waals surface area contributed by atoms with Gasteiger partial charge in [-0.05, 0) is 0 Å². The second-order valence-corrected chi connectivity index (χ2v) is 0. The molecule has 56 valence electrons. The van der Waals surface area contributed by atoms with E-state index in [1.807, 2.05) is 0 Å². The van der Waals surface area contributed by atoms with Gasteiger partial charge in [0.15, 0.2) is 0 Å². The summed E-state index contributed by atoms with van der Waals surface area (Å²) in [5.41, 5.74) is 0. The van der Waals surface area contributed by atoms with Crippen molar-refractivity contribution >= 4 is 13.5 Å². The van der Waals surface area contributed by atoms with Gasteiger partial charge in [-0.25, -0.2) is 0 Å². The summed E-state index contributed by atoms with van der Waals surface area (Å²) >= 11 is 0. The molecule has 0 fully saturated rings. The highest BCUT2D eigenvalue weighted by Gasteiger charge is -0.197. The highest BCUT2D eigenvalue weighted by molar-refractivity contribution is 7.59. The minimum atomic E-state index is 0. The summed E-state index contributed by atoms with van der Waals surface area (Å²) in [6, 6.07) is 0. The van der Waals surface area contributed by atoms with Gasteiger partial charge in [0.05, 0.1) is 0 Å². The largest absolute Gasteiger partial charge is 0.412 e. The van der Waals surface area contributed by atoms with Crippen molar-refractivity contribution in [2.24, 2.45) is 0 Å². The van der Waals surface area contributed by atoms with E-state index >= 15 is 0 Å². The zero-order chi connectivity index (χ0) is 0. The van der Waals surface area contributed by atoms with Crippen LogP contribution in [-0.4, -0.2) is 21.9 Å². The molecule has 0 heterocycles. The Kier molecular flexibility index (Phi) is 41300000. The third-order valence-corrected chi connectivity index (χ3v) is 0. The highest BCUT2D eigenvalue weighted by atomic mass is 32.1. The Bertz CT molecular complexity index is 9.65. The Hall–Kier alpha value is 0.110. The number of hydrogen-bond acceptors (Lipinski definition) is 2. The van der Waals surface area contributed by atoms with E-state index in [0.29, 0.717) is 0 Å². The Morgan fingerprint density at radius 1 is 0.429 bits per heavy atom. The van der Waals surface area contributed by atoms with Crippen molar-refractivity contribution in [2.45, 2.75) is 0 Å². The lowest BCUT2D eigenvalue weighted by molar-refractivity contribution is 0.823. The van der Waals surface area contributed by atoms with Gasteiger partial charge in [0.25, 0.3) is 0 Å². The molecule has 0 amide bonds. The average molecular weight is 140 g/mol. The van der Waals surface area contributed by atoms with Crippen molar-refractivity contribution in [1.29, 1.82) is 0 Å². The summed E-state index contributed by atoms with van der Waals surface area (Å²) in [6.45, 7) is 0. The first-order chi connectivity index (χ1) is 0. The van der Waals surface area contributed by atoms with Gasteiger partial charge in [-0.1, -0.05) is 0 Å². The third kappa shape index (κ3) is 8530. The SMILES string of the molecule is N.N.O.O.O.O.S.